The van der Waals surface area contributed by atoms with Crippen molar-refractivity contribution in [3.8, 4) is 11.4 Å². The molecule has 9 nitrogen and oxygen atoms in total. The molecule has 0 unspecified atom stereocenters. The first-order valence-electron chi connectivity index (χ1n) is 9.19. The highest BCUT2D eigenvalue weighted by Crippen LogP contribution is 2.25. The summed E-state index contributed by atoms with van der Waals surface area (Å²) in [5.74, 6) is 6.16. The Morgan fingerprint density at radius 2 is 2.10 bits per heavy atom. The van der Waals surface area contributed by atoms with Gasteiger partial charge in [0.15, 0.2) is 11.0 Å². The van der Waals surface area contributed by atoms with E-state index in [-0.39, 0.29) is 24.1 Å². The molecule has 2 aromatic heterocycles. The fraction of sp³-hybridized carbons (Fsp3) is 0.316. The molecule has 0 saturated heterocycles. The molecule has 0 atom stereocenters. The summed E-state index contributed by atoms with van der Waals surface area (Å²) in [6.45, 7) is 5.86. The van der Waals surface area contributed by atoms with Crippen molar-refractivity contribution < 1.29 is 14.3 Å². The maximum absolute atomic E-state index is 12.3. The van der Waals surface area contributed by atoms with Crippen molar-refractivity contribution in [2.24, 2.45) is 0 Å². The molecule has 0 aliphatic heterocycles. The van der Waals surface area contributed by atoms with Gasteiger partial charge in [0.2, 0.25) is 11.1 Å². The summed E-state index contributed by atoms with van der Waals surface area (Å²) in [6.07, 6.45) is 0.139. The van der Waals surface area contributed by atoms with E-state index in [1.807, 2.05) is 31.2 Å². The molecule has 1 aromatic carbocycles. The van der Waals surface area contributed by atoms with Gasteiger partial charge in [-0.25, -0.2) is 9.66 Å². The third-order valence-corrected chi connectivity index (χ3v) is 6.04. The average molecular weight is 447 g/mol. The highest BCUT2D eigenvalue weighted by molar-refractivity contribution is 7.99. The number of aryl methyl sites for hydroxylation is 2. The van der Waals surface area contributed by atoms with Crippen LogP contribution in [0.1, 0.15) is 23.1 Å². The SMILES string of the molecule is CCOC(=O)Cc1sc(NC(=O)CSc2nnc(-c3cccc(C)c3)n2N)nc1C. The summed E-state index contributed by atoms with van der Waals surface area (Å²) in [7, 11) is 0. The van der Waals surface area contributed by atoms with E-state index < -0.39 is 0 Å². The summed E-state index contributed by atoms with van der Waals surface area (Å²) in [4.78, 5) is 29.0. The molecular weight excluding hydrogens is 424 g/mol. The van der Waals surface area contributed by atoms with Crippen molar-refractivity contribution >= 4 is 40.1 Å². The number of carbonyl (C=O) groups excluding carboxylic acids is 2. The minimum atomic E-state index is -0.315. The highest BCUT2D eigenvalue weighted by atomic mass is 32.2. The van der Waals surface area contributed by atoms with Gasteiger partial charge in [0.1, 0.15) is 0 Å². The van der Waals surface area contributed by atoms with Crippen LogP contribution in [-0.2, 0) is 20.7 Å². The van der Waals surface area contributed by atoms with Gasteiger partial charge >= 0.3 is 5.97 Å². The number of anilines is 1. The molecule has 0 aliphatic rings. The standard InChI is InChI=1S/C19H22N6O3S2/c1-4-28-16(27)9-14-12(3)21-18(30-14)22-15(26)10-29-19-24-23-17(25(19)20)13-7-5-6-11(2)8-13/h5-8H,4,9-10,20H2,1-3H3,(H,21,22,26). The minimum absolute atomic E-state index is 0.0923. The Balaban J connectivity index is 1.58. The number of nitrogens with zero attached hydrogens (tertiary/aromatic N) is 4. The number of carbonyl (C=O) groups is 2. The summed E-state index contributed by atoms with van der Waals surface area (Å²) in [5, 5.41) is 11.8. The topological polar surface area (TPSA) is 125 Å². The quantitative estimate of drug-likeness (QED) is 0.307. The van der Waals surface area contributed by atoms with Crippen LogP contribution < -0.4 is 11.2 Å². The van der Waals surface area contributed by atoms with Crippen LogP contribution >= 0.6 is 23.1 Å². The molecule has 0 bridgehead atoms. The Morgan fingerprint density at radius 1 is 1.30 bits per heavy atom. The van der Waals surface area contributed by atoms with E-state index in [9.17, 15) is 9.59 Å². The first-order valence-corrected chi connectivity index (χ1v) is 11.0. The van der Waals surface area contributed by atoms with Crippen LogP contribution in [0.5, 0.6) is 0 Å². The van der Waals surface area contributed by atoms with Gasteiger partial charge in [0, 0.05) is 10.4 Å². The average Bonchev–Trinajstić information content (AvgIpc) is 3.22. The number of hydrogen-bond acceptors (Lipinski definition) is 9. The van der Waals surface area contributed by atoms with Crippen LogP contribution in [0.3, 0.4) is 0 Å². The van der Waals surface area contributed by atoms with Gasteiger partial charge in [-0.15, -0.1) is 21.5 Å². The van der Waals surface area contributed by atoms with E-state index in [0.717, 1.165) is 16.0 Å². The van der Waals surface area contributed by atoms with Crippen molar-refractivity contribution in [1.29, 1.82) is 0 Å². The zero-order valence-electron chi connectivity index (χ0n) is 16.8. The largest absolute Gasteiger partial charge is 0.466 e. The maximum Gasteiger partial charge on any atom is 0.311 e. The zero-order chi connectivity index (χ0) is 21.7. The molecule has 0 radical (unpaired) electrons. The van der Waals surface area contributed by atoms with Gasteiger partial charge in [0.05, 0.1) is 24.5 Å². The molecule has 0 fully saturated rings. The number of nitrogens with one attached hydrogen (secondary N) is 1. The number of esters is 1. The number of thiazole rings is 1. The molecule has 30 heavy (non-hydrogen) atoms. The van der Waals surface area contributed by atoms with Crippen LogP contribution in [0.15, 0.2) is 29.4 Å². The smallest absolute Gasteiger partial charge is 0.311 e. The predicted molar refractivity (Wildman–Crippen MR) is 117 cm³/mol. The number of benzene rings is 1. The van der Waals surface area contributed by atoms with Crippen molar-refractivity contribution in [3.63, 3.8) is 0 Å². The number of nitrogens with two attached hydrogens (primary N) is 1. The summed E-state index contributed by atoms with van der Waals surface area (Å²) in [5.41, 5.74) is 2.64. The first kappa shape index (κ1) is 21.8. The van der Waals surface area contributed by atoms with Crippen LogP contribution in [-0.4, -0.2) is 44.1 Å². The third-order valence-electron chi connectivity index (χ3n) is 4.02. The number of rotatable bonds is 8. The summed E-state index contributed by atoms with van der Waals surface area (Å²) >= 11 is 2.44. The van der Waals surface area contributed by atoms with Crippen molar-refractivity contribution in [2.45, 2.75) is 32.3 Å². The Bertz CT molecular complexity index is 1060. The lowest BCUT2D eigenvalue weighted by atomic mass is 10.1. The van der Waals surface area contributed by atoms with E-state index in [4.69, 9.17) is 10.6 Å². The predicted octanol–water partition coefficient (Wildman–Crippen LogP) is 2.57. The second-order valence-electron chi connectivity index (χ2n) is 6.39. The molecule has 0 aliphatic carbocycles. The Labute approximate surface area is 182 Å². The number of aromatic nitrogens is 4. The molecule has 0 spiro atoms. The lowest BCUT2D eigenvalue weighted by Gasteiger charge is -2.04. The molecule has 3 N–H and O–H groups in total. The Hall–Kier alpha value is -2.92. The van der Waals surface area contributed by atoms with Crippen LogP contribution in [0, 0.1) is 13.8 Å². The number of amides is 1. The summed E-state index contributed by atoms with van der Waals surface area (Å²) in [6, 6.07) is 7.78. The third kappa shape index (κ3) is 5.36. The number of ether oxygens (including phenoxy) is 1. The number of hydrogen-bond donors (Lipinski definition) is 2. The Kier molecular flexibility index (Phi) is 7.06. The maximum atomic E-state index is 12.3. The first-order chi connectivity index (χ1) is 14.4. The van der Waals surface area contributed by atoms with Gasteiger partial charge in [-0.3, -0.25) is 9.59 Å². The molecule has 3 aromatic rings. The fourth-order valence-electron chi connectivity index (χ4n) is 2.63. The van der Waals surface area contributed by atoms with Gasteiger partial charge in [-0.2, -0.15) is 0 Å². The molecule has 11 heteroatoms. The van der Waals surface area contributed by atoms with Crippen molar-refractivity contribution in [1.82, 2.24) is 19.9 Å². The Morgan fingerprint density at radius 3 is 2.83 bits per heavy atom. The molecular formula is C19H22N6O3S2. The minimum Gasteiger partial charge on any atom is -0.466 e. The zero-order valence-corrected chi connectivity index (χ0v) is 18.5. The van der Waals surface area contributed by atoms with Gasteiger partial charge in [-0.1, -0.05) is 35.5 Å². The summed E-state index contributed by atoms with van der Waals surface area (Å²) < 4.78 is 6.33. The van der Waals surface area contributed by atoms with E-state index >= 15 is 0 Å². The lowest BCUT2D eigenvalue weighted by molar-refractivity contribution is -0.142. The molecule has 0 saturated carbocycles. The van der Waals surface area contributed by atoms with E-state index in [0.29, 0.717) is 28.4 Å². The van der Waals surface area contributed by atoms with Crippen LogP contribution in [0.2, 0.25) is 0 Å². The van der Waals surface area contributed by atoms with Crippen molar-refractivity contribution in [3.05, 3.63) is 40.4 Å². The molecule has 2 heterocycles. The second kappa shape index (κ2) is 9.72. The van der Waals surface area contributed by atoms with Crippen LogP contribution in [0.25, 0.3) is 11.4 Å². The molecule has 3 rings (SSSR count). The highest BCUT2D eigenvalue weighted by Gasteiger charge is 2.16. The van der Waals surface area contributed by atoms with E-state index in [1.54, 1.807) is 13.8 Å². The van der Waals surface area contributed by atoms with Crippen molar-refractivity contribution in [2.75, 3.05) is 23.5 Å². The molecule has 1 amide bonds. The van der Waals surface area contributed by atoms with Gasteiger partial charge < -0.3 is 15.9 Å². The fourth-order valence-corrected chi connectivity index (χ4v) is 4.25. The van der Waals surface area contributed by atoms with Crippen LogP contribution in [0.4, 0.5) is 5.13 Å². The lowest BCUT2D eigenvalue weighted by Crippen LogP contribution is -2.16. The van der Waals surface area contributed by atoms with E-state index in [1.165, 1.54) is 27.8 Å². The second-order valence-corrected chi connectivity index (χ2v) is 8.42. The monoisotopic (exact) mass is 446 g/mol. The number of nitrogen functional groups attached to an aromatic ring is 1. The molecule has 158 valence electrons. The van der Waals surface area contributed by atoms with E-state index in [2.05, 4.69) is 20.5 Å². The van der Waals surface area contributed by atoms with Gasteiger partial charge in [0.25, 0.3) is 0 Å². The number of thioether (sulfide) groups is 1. The van der Waals surface area contributed by atoms with Gasteiger partial charge in [-0.05, 0) is 26.8 Å². The normalized spacial score (nSPS) is 10.8.